The van der Waals surface area contributed by atoms with Gasteiger partial charge in [-0.05, 0) is 58.2 Å². The zero-order valence-corrected chi connectivity index (χ0v) is 21.8. The highest BCUT2D eigenvalue weighted by Gasteiger charge is 2.30. The number of methoxy groups -OCH3 is 1. The minimum atomic E-state index is -0.131. The van der Waals surface area contributed by atoms with Crippen LogP contribution in [0.2, 0.25) is 0 Å². The van der Waals surface area contributed by atoms with E-state index >= 15 is 0 Å². The summed E-state index contributed by atoms with van der Waals surface area (Å²) < 4.78 is 17.2. The minimum absolute atomic E-state index is 0.00929. The van der Waals surface area contributed by atoms with Crippen LogP contribution >= 0.6 is 0 Å². The van der Waals surface area contributed by atoms with Crippen LogP contribution in [0.1, 0.15) is 62.9 Å². The monoisotopic (exact) mass is 497 g/mol. The van der Waals surface area contributed by atoms with Gasteiger partial charge in [0, 0.05) is 43.1 Å². The van der Waals surface area contributed by atoms with E-state index in [-0.39, 0.29) is 36.3 Å². The lowest BCUT2D eigenvalue weighted by Crippen LogP contribution is -2.51. The fourth-order valence-corrected chi connectivity index (χ4v) is 5.31. The van der Waals surface area contributed by atoms with Gasteiger partial charge < -0.3 is 24.4 Å². The molecule has 1 aliphatic heterocycles. The van der Waals surface area contributed by atoms with Crippen molar-refractivity contribution in [2.75, 3.05) is 40.0 Å². The van der Waals surface area contributed by atoms with Crippen molar-refractivity contribution < 1.29 is 23.8 Å². The van der Waals surface area contributed by atoms with Gasteiger partial charge in [-0.3, -0.25) is 9.59 Å². The number of Topliss-reactive ketones (excluding diaryl/α,β-unsaturated/α-hetero) is 1. The summed E-state index contributed by atoms with van der Waals surface area (Å²) >= 11 is 0. The van der Waals surface area contributed by atoms with Gasteiger partial charge in [0.05, 0.1) is 6.61 Å². The van der Waals surface area contributed by atoms with Crippen LogP contribution in [0.25, 0.3) is 10.9 Å². The van der Waals surface area contributed by atoms with E-state index in [2.05, 4.69) is 5.32 Å². The number of rotatable bonds is 11. The van der Waals surface area contributed by atoms with Crippen LogP contribution in [0.15, 0.2) is 24.3 Å². The number of ketones is 1. The van der Waals surface area contributed by atoms with Gasteiger partial charge in [0.15, 0.2) is 5.78 Å². The Kier molecular flexibility index (Phi) is 9.15. The van der Waals surface area contributed by atoms with Crippen LogP contribution in [0.3, 0.4) is 0 Å². The molecule has 0 bridgehead atoms. The molecular formula is C28H39N3O5. The summed E-state index contributed by atoms with van der Waals surface area (Å²) in [4.78, 5) is 33.2. The van der Waals surface area contributed by atoms with Crippen molar-refractivity contribution in [3.63, 3.8) is 0 Å². The summed E-state index contributed by atoms with van der Waals surface area (Å²) in [7, 11) is 1.62. The Hall–Kier alpha value is -2.71. The second-order valence-electron chi connectivity index (χ2n) is 10.0. The number of amides is 1. The van der Waals surface area contributed by atoms with Gasteiger partial charge in [-0.2, -0.15) is 0 Å². The topological polar surface area (TPSA) is 90.0 Å². The molecule has 2 fully saturated rings. The molecule has 36 heavy (non-hydrogen) atoms. The summed E-state index contributed by atoms with van der Waals surface area (Å²) in [5.74, 6) is 1.12. The molecule has 1 aromatic heterocycles. The molecule has 2 heterocycles. The van der Waals surface area contributed by atoms with E-state index in [9.17, 15) is 9.59 Å². The molecule has 0 unspecified atom stereocenters. The van der Waals surface area contributed by atoms with E-state index in [1.807, 2.05) is 30.9 Å². The van der Waals surface area contributed by atoms with Gasteiger partial charge in [0.1, 0.15) is 35.9 Å². The van der Waals surface area contributed by atoms with Crippen molar-refractivity contribution in [1.29, 1.82) is 0 Å². The van der Waals surface area contributed by atoms with Crippen LogP contribution in [0.5, 0.6) is 11.5 Å². The van der Waals surface area contributed by atoms with E-state index in [1.54, 1.807) is 19.2 Å². The van der Waals surface area contributed by atoms with Crippen molar-refractivity contribution in [3.05, 3.63) is 30.0 Å². The van der Waals surface area contributed by atoms with Gasteiger partial charge in [0.25, 0.3) is 5.91 Å². The number of carbonyl (C=O) groups is 2. The minimum Gasteiger partial charge on any atom is -0.490 e. The Bertz CT molecular complexity index is 1040. The van der Waals surface area contributed by atoms with E-state index in [4.69, 9.17) is 19.2 Å². The average molecular weight is 498 g/mol. The van der Waals surface area contributed by atoms with Crippen LogP contribution in [0, 0.1) is 5.92 Å². The molecule has 2 aliphatic rings. The van der Waals surface area contributed by atoms with Gasteiger partial charge in [0.2, 0.25) is 0 Å². The number of carbonyl (C=O) groups excluding carboxylic acids is 2. The highest BCUT2D eigenvalue weighted by molar-refractivity contribution is 5.99. The van der Waals surface area contributed by atoms with E-state index < -0.39 is 0 Å². The third kappa shape index (κ3) is 6.16. The van der Waals surface area contributed by atoms with Crippen LogP contribution in [-0.2, 0) is 9.53 Å². The van der Waals surface area contributed by atoms with Crippen molar-refractivity contribution in [2.45, 2.75) is 64.5 Å². The first kappa shape index (κ1) is 26.4. The lowest BCUT2D eigenvalue weighted by Gasteiger charge is -2.37. The SMILES string of the molecule is COCCOc1cc(C(=O)N(C(C)C)[C@@H]2CCCNC2)nc2c(OCC(=O)C3CCCC3)cccc12. The quantitative estimate of drug-likeness (QED) is 0.469. The van der Waals surface area contributed by atoms with Gasteiger partial charge in [-0.25, -0.2) is 4.98 Å². The number of hydrogen-bond acceptors (Lipinski definition) is 7. The smallest absolute Gasteiger partial charge is 0.273 e. The van der Waals surface area contributed by atoms with E-state index in [1.165, 1.54) is 0 Å². The number of nitrogens with one attached hydrogen (secondary N) is 1. The lowest BCUT2D eigenvalue weighted by atomic mass is 10.0. The molecule has 1 N–H and O–H groups in total. The molecule has 2 aromatic rings. The zero-order chi connectivity index (χ0) is 25.5. The average Bonchev–Trinajstić information content (AvgIpc) is 3.43. The predicted octanol–water partition coefficient (Wildman–Crippen LogP) is 4.00. The highest BCUT2D eigenvalue weighted by atomic mass is 16.5. The Morgan fingerprint density at radius 3 is 2.58 bits per heavy atom. The molecule has 8 heteroatoms. The number of ether oxygens (including phenoxy) is 3. The largest absolute Gasteiger partial charge is 0.490 e. The van der Waals surface area contributed by atoms with Crippen molar-refractivity contribution in [1.82, 2.24) is 15.2 Å². The first-order valence-electron chi connectivity index (χ1n) is 13.2. The number of piperidine rings is 1. The molecule has 1 aromatic carbocycles. The van der Waals surface area contributed by atoms with E-state index in [0.717, 1.165) is 57.0 Å². The van der Waals surface area contributed by atoms with E-state index in [0.29, 0.717) is 35.9 Å². The van der Waals surface area contributed by atoms with Crippen LogP contribution < -0.4 is 14.8 Å². The second kappa shape index (κ2) is 12.5. The van der Waals surface area contributed by atoms with Crippen LogP contribution in [0.4, 0.5) is 0 Å². The zero-order valence-electron chi connectivity index (χ0n) is 21.8. The standard InChI is InChI=1S/C28H39N3O5/c1-19(2)31(21-10-7-13-29-17-21)28(33)23-16-26(35-15-14-34-3)22-11-6-12-25(27(22)30-23)36-18-24(32)20-8-4-5-9-20/h6,11-12,16,19-21,29H,4-5,7-10,13-15,17-18H2,1-3H3/t21-/m1/s1. The molecule has 0 spiro atoms. The Labute approximate surface area is 213 Å². The summed E-state index contributed by atoms with van der Waals surface area (Å²) in [5, 5.41) is 4.15. The number of hydrogen-bond donors (Lipinski definition) is 1. The third-order valence-electron chi connectivity index (χ3n) is 7.16. The number of pyridine rings is 1. The number of fused-ring (bicyclic) bond motifs is 1. The first-order chi connectivity index (χ1) is 17.5. The van der Waals surface area contributed by atoms with Gasteiger partial charge in [-0.1, -0.05) is 18.9 Å². The Balaban J connectivity index is 1.67. The highest BCUT2D eigenvalue weighted by Crippen LogP contribution is 2.33. The number of para-hydroxylation sites is 1. The second-order valence-corrected chi connectivity index (χ2v) is 10.0. The molecule has 1 amide bonds. The summed E-state index contributed by atoms with van der Waals surface area (Å²) in [5.41, 5.74) is 0.841. The molecule has 1 atom stereocenters. The number of benzene rings is 1. The molecule has 0 radical (unpaired) electrons. The number of aromatic nitrogens is 1. The predicted molar refractivity (Wildman–Crippen MR) is 139 cm³/mol. The fourth-order valence-electron chi connectivity index (χ4n) is 5.31. The van der Waals surface area contributed by atoms with Gasteiger partial charge >= 0.3 is 0 Å². The maximum absolute atomic E-state index is 13.8. The van der Waals surface area contributed by atoms with Crippen molar-refractivity contribution in [2.24, 2.45) is 5.92 Å². The third-order valence-corrected chi connectivity index (χ3v) is 7.16. The molecule has 1 aliphatic carbocycles. The fraction of sp³-hybridized carbons (Fsp3) is 0.607. The summed E-state index contributed by atoms with van der Waals surface area (Å²) in [6.07, 6.45) is 6.07. The Morgan fingerprint density at radius 2 is 1.89 bits per heavy atom. The molecule has 1 saturated heterocycles. The normalized spacial score (nSPS) is 18.5. The van der Waals surface area contributed by atoms with Crippen LogP contribution in [-0.4, -0.2) is 73.7 Å². The lowest BCUT2D eigenvalue weighted by molar-refractivity contribution is -0.124. The van der Waals surface area contributed by atoms with Crippen molar-refractivity contribution in [3.8, 4) is 11.5 Å². The summed E-state index contributed by atoms with van der Waals surface area (Å²) in [6, 6.07) is 7.41. The molecule has 196 valence electrons. The first-order valence-corrected chi connectivity index (χ1v) is 13.2. The maximum Gasteiger partial charge on any atom is 0.273 e. The molecule has 8 nitrogen and oxygen atoms in total. The van der Waals surface area contributed by atoms with Gasteiger partial charge in [-0.15, -0.1) is 0 Å². The number of nitrogens with zero attached hydrogens (tertiary/aromatic N) is 2. The van der Waals surface area contributed by atoms with Crippen molar-refractivity contribution >= 4 is 22.6 Å². The molecule has 1 saturated carbocycles. The summed E-state index contributed by atoms with van der Waals surface area (Å²) in [6.45, 7) is 6.59. The Morgan fingerprint density at radius 1 is 1.08 bits per heavy atom. The maximum atomic E-state index is 13.8. The molecule has 4 rings (SSSR count). The molecular weight excluding hydrogens is 458 g/mol.